The van der Waals surface area contributed by atoms with Crippen LogP contribution in [0.15, 0.2) is 30.3 Å². The number of nitrogens with zero attached hydrogens (tertiary/aromatic N) is 2. The van der Waals surface area contributed by atoms with E-state index in [0.717, 1.165) is 26.1 Å². The van der Waals surface area contributed by atoms with E-state index in [1.165, 1.54) is 5.56 Å². The van der Waals surface area contributed by atoms with Crippen molar-refractivity contribution in [2.45, 2.75) is 25.4 Å². The molecule has 0 spiro atoms. The molecule has 1 aromatic carbocycles. The van der Waals surface area contributed by atoms with Crippen LogP contribution in [0.5, 0.6) is 0 Å². The van der Waals surface area contributed by atoms with Crippen molar-refractivity contribution in [3.63, 3.8) is 0 Å². The quantitative estimate of drug-likeness (QED) is 0.890. The van der Waals surface area contributed by atoms with Gasteiger partial charge in [-0.25, -0.2) is 0 Å². The summed E-state index contributed by atoms with van der Waals surface area (Å²) in [4.78, 5) is 16.3. The first-order chi connectivity index (χ1) is 9.59. The van der Waals surface area contributed by atoms with Gasteiger partial charge in [-0.05, 0) is 18.9 Å². The molecule has 4 nitrogen and oxygen atoms in total. The Kier molecular flexibility index (Phi) is 5.15. The normalized spacial score (nSPS) is 21.4. The molecule has 1 heterocycles. The first-order valence-electron chi connectivity index (χ1n) is 7.31. The van der Waals surface area contributed by atoms with E-state index in [1.54, 1.807) is 4.90 Å². The number of rotatable bonds is 4. The largest absolute Gasteiger partial charge is 0.347 e. The Morgan fingerprint density at radius 2 is 2.10 bits per heavy atom. The second-order valence-electron chi connectivity index (χ2n) is 5.73. The highest BCUT2D eigenvalue weighted by atomic mass is 16.2. The molecular formula is C16H25N3O. The van der Waals surface area contributed by atoms with E-state index in [0.29, 0.717) is 6.04 Å². The van der Waals surface area contributed by atoms with Crippen LogP contribution in [0.25, 0.3) is 0 Å². The smallest absolute Gasteiger partial charge is 0.240 e. The Balaban J connectivity index is 2.05. The van der Waals surface area contributed by atoms with Crippen LogP contribution in [0.4, 0.5) is 0 Å². The Bertz CT molecular complexity index is 433. The summed E-state index contributed by atoms with van der Waals surface area (Å²) in [5.74, 6) is 0.192. The molecule has 0 bridgehead atoms. The van der Waals surface area contributed by atoms with Gasteiger partial charge in [0.05, 0.1) is 0 Å². The van der Waals surface area contributed by atoms with Crippen molar-refractivity contribution >= 4 is 5.91 Å². The molecule has 0 aromatic heterocycles. The van der Waals surface area contributed by atoms with Crippen molar-refractivity contribution in [2.75, 3.05) is 33.7 Å². The van der Waals surface area contributed by atoms with Crippen LogP contribution in [0.3, 0.4) is 0 Å². The molecule has 1 amide bonds. The molecule has 1 saturated heterocycles. The minimum atomic E-state index is -0.0440. The third kappa shape index (κ3) is 3.58. The molecule has 1 N–H and O–H groups in total. The van der Waals surface area contributed by atoms with Crippen LogP contribution < -0.4 is 5.32 Å². The third-order valence-corrected chi connectivity index (χ3v) is 3.95. The van der Waals surface area contributed by atoms with Gasteiger partial charge in [0.25, 0.3) is 0 Å². The molecule has 1 aromatic rings. The van der Waals surface area contributed by atoms with Crippen LogP contribution in [-0.2, 0) is 11.2 Å². The van der Waals surface area contributed by atoms with Crippen molar-refractivity contribution in [1.29, 1.82) is 0 Å². The van der Waals surface area contributed by atoms with E-state index >= 15 is 0 Å². The van der Waals surface area contributed by atoms with Gasteiger partial charge in [0.2, 0.25) is 5.91 Å². The van der Waals surface area contributed by atoms with Gasteiger partial charge in [0.1, 0.15) is 6.04 Å². The summed E-state index contributed by atoms with van der Waals surface area (Å²) >= 11 is 0. The third-order valence-electron chi connectivity index (χ3n) is 3.95. The number of carbonyl (C=O) groups is 1. The molecule has 1 fully saturated rings. The number of benzene rings is 1. The number of likely N-dealkylation sites (N-methyl/N-ethyl adjacent to an activating group) is 1. The Morgan fingerprint density at radius 3 is 2.75 bits per heavy atom. The first kappa shape index (κ1) is 15.0. The lowest BCUT2D eigenvalue weighted by molar-refractivity contribution is -0.136. The molecule has 20 heavy (non-hydrogen) atoms. The van der Waals surface area contributed by atoms with E-state index in [4.69, 9.17) is 0 Å². The van der Waals surface area contributed by atoms with Gasteiger partial charge in [0, 0.05) is 39.8 Å². The lowest BCUT2D eigenvalue weighted by atomic mass is 10.0. The predicted molar refractivity (Wildman–Crippen MR) is 81.7 cm³/mol. The summed E-state index contributed by atoms with van der Waals surface area (Å²) in [5, 5.41) is 3.33. The van der Waals surface area contributed by atoms with Crippen LogP contribution in [0.1, 0.15) is 12.5 Å². The Hall–Kier alpha value is -1.39. The van der Waals surface area contributed by atoms with E-state index < -0.39 is 0 Å². The van der Waals surface area contributed by atoms with Gasteiger partial charge in [-0.1, -0.05) is 30.3 Å². The average molecular weight is 275 g/mol. The fourth-order valence-electron chi connectivity index (χ4n) is 2.85. The van der Waals surface area contributed by atoms with Crippen LogP contribution in [-0.4, -0.2) is 61.5 Å². The monoisotopic (exact) mass is 275 g/mol. The highest BCUT2D eigenvalue weighted by Crippen LogP contribution is 2.14. The topological polar surface area (TPSA) is 35.6 Å². The van der Waals surface area contributed by atoms with E-state index in [2.05, 4.69) is 41.4 Å². The average Bonchev–Trinajstić information content (AvgIpc) is 2.47. The number of amides is 1. The molecule has 0 radical (unpaired) electrons. The summed E-state index contributed by atoms with van der Waals surface area (Å²) in [7, 11) is 3.66. The highest BCUT2D eigenvalue weighted by molar-refractivity contribution is 5.81. The number of nitrogens with one attached hydrogen (secondary N) is 1. The van der Waals surface area contributed by atoms with E-state index in [9.17, 15) is 4.79 Å². The SMILES string of the molecule is CC(Cc1ccccc1)N1CCNCC1C(=O)N(C)C. The number of hydrogen-bond acceptors (Lipinski definition) is 3. The summed E-state index contributed by atoms with van der Waals surface area (Å²) < 4.78 is 0. The molecule has 2 rings (SSSR count). The number of piperazine rings is 1. The molecule has 1 aliphatic rings. The standard InChI is InChI=1S/C16H25N3O/c1-13(11-14-7-5-4-6-8-14)19-10-9-17-12-15(19)16(20)18(2)3/h4-8,13,15,17H,9-12H2,1-3H3. The second kappa shape index (κ2) is 6.86. The number of carbonyl (C=O) groups excluding carboxylic acids is 1. The zero-order valence-corrected chi connectivity index (χ0v) is 12.7. The molecular weight excluding hydrogens is 250 g/mol. The fraction of sp³-hybridized carbons (Fsp3) is 0.562. The molecule has 0 saturated carbocycles. The molecule has 2 unspecified atom stereocenters. The molecule has 1 aliphatic heterocycles. The summed E-state index contributed by atoms with van der Waals surface area (Å²) in [6.07, 6.45) is 0.984. The van der Waals surface area contributed by atoms with Crippen molar-refractivity contribution in [1.82, 2.24) is 15.1 Å². The van der Waals surface area contributed by atoms with E-state index in [1.807, 2.05) is 20.2 Å². The van der Waals surface area contributed by atoms with E-state index in [-0.39, 0.29) is 11.9 Å². The molecule has 4 heteroatoms. The van der Waals surface area contributed by atoms with Crippen molar-refractivity contribution in [3.05, 3.63) is 35.9 Å². The maximum Gasteiger partial charge on any atom is 0.240 e. The van der Waals surface area contributed by atoms with Gasteiger partial charge in [-0.15, -0.1) is 0 Å². The lowest BCUT2D eigenvalue weighted by Crippen LogP contribution is -2.60. The summed E-state index contributed by atoms with van der Waals surface area (Å²) in [6.45, 7) is 4.85. The van der Waals surface area contributed by atoms with Crippen molar-refractivity contribution in [2.24, 2.45) is 0 Å². The van der Waals surface area contributed by atoms with Gasteiger partial charge in [-0.2, -0.15) is 0 Å². The molecule has 2 atom stereocenters. The Morgan fingerprint density at radius 1 is 1.40 bits per heavy atom. The van der Waals surface area contributed by atoms with Crippen LogP contribution in [0, 0.1) is 0 Å². The maximum atomic E-state index is 12.3. The number of hydrogen-bond donors (Lipinski definition) is 1. The minimum Gasteiger partial charge on any atom is -0.347 e. The zero-order valence-electron chi connectivity index (χ0n) is 12.7. The fourth-order valence-corrected chi connectivity index (χ4v) is 2.85. The summed E-state index contributed by atoms with van der Waals surface area (Å²) in [6, 6.07) is 10.8. The van der Waals surface area contributed by atoms with Crippen molar-refractivity contribution in [3.8, 4) is 0 Å². The molecule has 0 aliphatic carbocycles. The van der Waals surface area contributed by atoms with Crippen molar-refractivity contribution < 1.29 is 4.79 Å². The zero-order chi connectivity index (χ0) is 14.5. The highest BCUT2D eigenvalue weighted by Gasteiger charge is 2.32. The van der Waals surface area contributed by atoms with Gasteiger partial charge in [-0.3, -0.25) is 9.69 Å². The second-order valence-corrected chi connectivity index (χ2v) is 5.73. The maximum absolute atomic E-state index is 12.3. The minimum absolute atomic E-state index is 0.0440. The van der Waals surface area contributed by atoms with Gasteiger partial charge < -0.3 is 10.2 Å². The predicted octanol–water partition coefficient (Wildman–Crippen LogP) is 0.980. The Labute approximate surface area is 121 Å². The van der Waals surface area contributed by atoms with Crippen LogP contribution >= 0.6 is 0 Å². The first-order valence-corrected chi connectivity index (χ1v) is 7.31. The van der Waals surface area contributed by atoms with Crippen LogP contribution in [0.2, 0.25) is 0 Å². The van der Waals surface area contributed by atoms with Gasteiger partial charge >= 0.3 is 0 Å². The lowest BCUT2D eigenvalue weighted by Gasteiger charge is -2.40. The molecule has 110 valence electrons. The van der Waals surface area contributed by atoms with Gasteiger partial charge in [0.15, 0.2) is 0 Å². The summed E-state index contributed by atoms with van der Waals surface area (Å²) in [5.41, 5.74) is 1.33.